The van der Waals surface area contributed by atoms with E-state index in [1.165, 1.54) is 44.9 Å². The summed E-state index contributed by atoms with van der Waals surface area (Å²) in [6.45, 7) is 7.06. The average molecular weight is 226 g/mol. The quantitative estimate of drug-likeness (QED) is 0.423. The number of aliphatic hydroxyl groups excluding tert-OH is 1. The molecule has 96 valence electrons. The van der Waals surface area contributed by atoms with E-state index in [1.807, 2.05) is 0 Å². The Morgan fingerprint density at radius 3 is 2.56 bits per heavy atom. The van der Waals surface area contributed by atoms with E-state index in [-0.39, 0.29) is 0 Å². The van der Waals surface area contributed by atoms with Crippen molar-refractivity contribution >= 4 is 0 Å². The summed E-state index contributed by atoms with van der Waals surface area (Å²) in [4.78, 5) is 0. The van der Waals surface area contributed by atoms with Gasteiger partial charge in [-0.25, -0.2) is 0 Å². The second kappa shape index (κ2) is 11.2. The van der Waals surface area contributed by atoms with Crippen LogP contribution in [0, 0.1) is 5.92 Å². The lowest BCUT2D eigenvalue weighted by Crippen LogP contribution is -1.97. The summed E-state index contributed by atoms with van der Waals surface area (Å²) in [5.74, 6) is 0.661. The van der Waals surface area contributed by atoms with Crippen molar-refractivity contribution in [2.45, 2.75) is 72.1 Å². The number of rotatable bonds is 10. The van der Waals surface area contributed by atoms with Crippen LogP contribution in [0.5, 0.6) is 0 Å². The van der Waals surface area contributed by atoms with Crippen LogP contribution in [0.4, 0.5) is 0 Å². The smallest absolute Gasteiger partial charge is 0.0433 e. The molecule has 0 aliphatic heterocycles. The van der Waals surface area contributed by atoms with Crippen LogP contribution in [-0.4, -0.2) is 11.7 Å². The monoisotopic (exact) mass is 226 g/mol. The minimum Gasteiger partial charge on any atom is -0.396 e. The van der Waals surface area contributed by atoms with Crippen LogP contribution in [0.2, 0.25) is 0 Å². The van der Waals surface area contributed by atoms with Crippen molar-refractivity contribution < 1.29 is 5.11 Å². The van der Waals surface area contributed by atoms with Gasteiger partial charge < -0.3 is 5.11 Å². The van der Waals surface area contributed by atoms with Crippen molar-refractivity contribution in [1.29, 1.82) is 0 Å². The zero-order valence-corrected chi connectivity index (χ0v) is 11.5. The number of aliphatic hydroxyl groups is 1. The van der Waals surface area contributed by atoms with Crippen LogP contribution in [0.15, 0.2) is 11.6 Å². The van der Waals surface area contributed by atoms with E-state index in [4.69, 9.17) is 5.11 Å². The fourth-order valence-electron chi connectivity index (χ4n) is 1.91. The molecule has 0 spiro atoms. The first kappa shape index (κ1) is 15.7. The van der Waals surface area contributed by atoms with E-state index in [9.17, 15) is 0 Å². The van der Waals surface area contributed by atoms with Crippen LogP contribution in [-0.2, 0) is 0 Å². The molecule has 0 fully saturated rings. The lowest BCUT2D eigenvalue weighted by atomic mass is 10.0. The van der Waals surface area contributed by atoms with Gasteiger partial charge in [0, 0.05) is 6.61 Å². The maximum atomic E-state index is 8.80. The van der Waals surface area contributed by atoms with Crippen molar-refractivity contribution in [3.05, 3.63) is 11.6 Å². The molecule has 0 amide bonds. The lowest BCUT2D eigenvalue weighted by molar-refractivity contribution is 0.259. The van der Waals surface area contributed by atoms with E-state index in [1.54, 1.807) is 5.57 Å². The van der Waals surface area contributed by atoms with Gasteiger partial charge in [0.05, 0.1) is 0 Å². The van der Waals surface area contributed by atoms with Crippen LogP contribution >= 0.6 is 0 Å². The first-order chi connectivity index (χ1) is 7.70. The van der Waals surface area contributed by atoms with Crippen molar-refractivity contribution in [3.8, 4) is 0 Å². The molecule has 1 heteroatoms. The van der Waals surface area contributed by atoms with Crippen molar-refractivity contribution in [2.75, 3.05) is 6.61 Å². The number of allylic oxidation sites excluding steroid dienone is 2. The summed E-state index contributed by atoms with van der Waals surface area (Å²) in [5.41, 5.74) is 1.55. The van der Waals surface area contributed by atoms with Crippen LogP contribution in [0.1, 0.15) is 72.1 Å². The highest BCUT2D eigenvalue weighted by molar-refractivity contribution is 4.97. The lowest BCUT2D eigenvalue weighted by Gasteiger charge is -2.07. The Hall–Kier alpha value is -0.300. The molecule has 0 rings (SSSR count). The first-order valence-corrected chi connectivity index (χ1v) is 6.97. The van der Waals surface area contributed by atoms with E-state index in [0.29, 0.717) is 12.5 Å². The summed E-state index contributed by atoms with van der Waals surface area (Å²) in [6, 6.07) is 0. The van der Waals surface area contributed by atoms with E-state index < -0.39 is 0 Å². The standard InChI is InChI=1S/C15H30O/c1-4-5-6-7-9-14(2)10-8-11-15(3)12-13-16/h10,15-16H,4-9,11-13H2,1-3H3/b14-10-. The van der Waals surface area contributed by atoms with Crippen LogP contribution < -0.4 is 0 Å². The molecule has 0 aromatic carbocycles. The third-order valence-corrected chi connectivity index (χ3v) is 3.20. The minimum atomic E-state index is 0.334. The van der Waals surface area contributed by atoms with Crippen molar-refractivity contribution in [1.82, 2.24) is 0 Å². The second-order valence-electron chi connectivity index (χ2n) is 5.06. The Kier molecular flexibility index (Phi) is 11.0. The first-order valence-electron chi connectivity index (χ1n) is 6.97. The average Bonchev–Trinajstić information content (AvgIpc) is 2.25. The van der Waals surface area contributed by atoms with Gasteiger partial charge in [-0.1, -0.05) is 44.8 Å². The predicted octanol–water partition coefficient (Wildman–Crippen LogP) is 4.70. The molecular formula is C15H30O. The third kappa shape index (κ3) is 10.2. The molecule has 0 saturated carbocycles. The Morgan fingerprint density at radius 1 is 1.19 bits per heavy atom. The molecule has 0 radical (unpaired) electrons. The van der Waals surface area contributed by atoms with Gasteiger partial charge in [-0.2, -0.15) is 0 Å². The molecule has 1 N–H and O–H groups in total. The summed E-state index contributed by atoms with van der Waals surface area (Å²) in [6.07, 6.45) is 12.4. The fourth-order valence-corrected chi connectivity index (χ4v) is 1.91. The largest absolute Gasteiger partial charge is 0.396 e. The SMILES string of the molecule is CCCCCC/C(C)=C\CCC(C)CCO. The molecule has 1 unspecified atom stereocenters. The molecule has 0 bridgehead atoms. The molecule has 1 atom stereocenters. The molecule has 16 heavy (non-hydrogen) atoms. The predicted molar refractivity (Wildman–Crippen MR) is 72.6 cm³/mol. The van der Waals surface area contributed by atoms with Gasteiger partial charge in [0.15, 0.2) is 0 Å². The number of hydrogen-bond acceptors (Lipinski definition) is 1. The van der Waals surface area contributed by atoms with Gasteiger partial charge in [-0.15, -0.1) is 0 Å². The highest BCUT2D eigenvalue weighted by Gasteiger charge is 1.99. The highest BCUT2D eigenvalue weighted by atomic mass is 16.3. The minimum absolute atomic E-state index is 0.334. The Balaban J connectivity index is 3.46. The van der Waals surface area contributed by atoms with Crippen LogP contribution in [0.3, 0.4) is 0 Å². The van der Waals surface area contributed by atoms with Gasteiger partial charge in [0.2, 0.25) is 0 Å². The number of hydrogen-bond donors (Lipinski definition) is 1. The van der Waals surface area contributed by atoms with Gasteiger partial charge in [-0.3, -0.25) is 0 Å². The molecule has 0 aliphatic rings. The topological polar surface area (TPSA) is 20.2 Å². The fraction of sp³-hybridized carbons (Fsp3) is 0.867. The van der Waals surface area contributed by atoms with E-state index in [2.05, 4.69) is 26.8 Å². The normalized spacial score (nSPS) is 14.1. The van der Waals surface area contributed by atoms with Gasteiger partial charge in [0.1, 0.15) is 0 Å². The summed E-state index contributed by atoms with van der Waals surface area (Å²) in [5, 5.41) is 8.80. The van der Waals surface area contributed by atoms with E-state index >= 15 is 0 Å². The maximum Gasteiger partial charge on any atom is 0.0433 e. The second-order valence-corrected chi connectivity index (χ2v) is 5.06. The summed E-state index contributed by atoms with van der Waals surface area (Å²) < 4.78 is 0. The van der Waals surface area contributed by atoms with Gasteiger partial charge >= 0.3 is 0 Å². The zero-order valence-electron chi connectivity index (χ0n) is 11.5. The summed E-state index contributed by atoms with van der Waals surface area (Å²) >= 11 is 0. The highest BCUT2D eigenvalue weighted by Crippen LogP contribution is 2.14. The van der Waals surface area contributed by atoms with Gasteiger partial charge in [0.25, 0.3) is 0 Å². The molecule has 0 saturated heterocycles. The number of unbranched alkanes of at least 4 members (excludes halogenated alkanes) is 3. The van der Waals surface area contributed by atoms with Crippen LogP contribution in [0.25, 0.3) is 0 Å². The third-order valence-electron chi connectivity index (χ3n) is 3.20. The van der Waals surface area contributed by atoms with E-state index in [0.717, 1.165) is 6.42 Å². The summed E-state index contributed by atoms with van der Waals surface area (Å²) in [7, 11) is 0. The molecule has 0 aliphatic carbocycles. The molecule has 0 aromatic rings. The maximum absolute atomic E-state index is 8.80. The zero-order chi connectivity index (χ0) is 12.2. The van der Waals surface area contributed by atoms with Crippen molar-refractivity contribution in [3.63, 3.8) is 0 Å². The Bertz CT molecular complexity index is 172. The Morgan fingerprint density at radius 2 is 1.94 bits per heavy atom. The molecule has 1 nitrogen and oxygen atoms in total. The van der Waals surface area contributed by atoms with Crippen molar-refractivity contribution in [2.24, 2.45) is 5.92 Å². The molecular weight excluding hydrogens is 196 g/mol. The Labute approximate surface area is 102 Å². The molecule has 0 aromatic heterocycles. The molecule has 0 heterocycles. The van der Waals surface area contributed by atoms with Gasteiger partial charge in [-0.05, 0) is 44.9 Å².